The van der Waals surface area contributed by atoms with Gasteiger partial charge in [0.2, 0.25) is 0 Å². The molecule has 0 aliphatic carbocycles. The molecule has 0 aromatic carbocycles. The van der Waals surface area contributed by atoms with Crippen LogP contribution >= 0.6 is 0 Å². The second kappa shape index (κ2) is 7.54. The van der Waals surface area contributed by atoms with Crippen molar-refractivity contribution in [3.05, 3.63) is 33.1 Å². The lowest BCUT2D eigenvalue weighted by atomic mass is 10.1. The van der Waals surface area contributed by atoms with Gasteiger partial charge in [0.05, 0.1) is 23.6 Å². The molecule has 0 unspecified atom stereocenters. The second-order valence-electron chi connectivity index (χ2n) is 4.35. The quantitative estimate of drug-likeness (QED) is 0.353. The van der Waals surface area contributed by atoms with Gasteiger partial charge >= 0.3 is 5.97 Å². The molecule has 0 saturated heterocycles. The van der Waals surface area contributed by atoms with Crippen LogP contribution in [0.4, 0.5) is 5.69 Å². The molecule has 7 heteroatoms. The maximum Gasteiger partial charge on any atom is 0.307 e. The first-order valence-electron chi connectivity index (χ1n) is 6.43. The van der Waals surface area contributed by atoms with E-state index in [0.29, 0.717) is 36.5 Å². The van der Waals surface area contributed by atoms with Gasteiger partial charge in [-0.2, -0.15) is 0 Å². The van der Waals surface area contributed by atoms with E-state index < -0.39 is 4.92 Å². The van der Waals surface area contributed by atoms with Gasteiger partial charge in [0.1, 0.15) is 0 Å². The zero-order chi connectivity index (χ0) is 15.1. The lowest BCUT2D eigenvalue weighted by molar-refractivity contribution is -0.386. The molecule has 20 heavy (non-hydrogen) atoms. The smallest absolute Gasteiger partial charge is 0.307 e. The van der Waals surface area contributed by atoms with E-state index in [1.165, 1.54) is 6.20 Å². The number of ether oxygens (including phenoxy) is 1. The molecule has 0 aliphatic rings. The van der Waals surface area contributed by atoms with Gasteiger partial charge in [-0.05, 0) is 20.8 Å². The van der Waals surface area contributed by atoms with Crippen molar-refractivity contribution in [1.82, 2.24) is 10.3 Å². The van der Waals surface area contributed by atoms with E-state index in [4.69, 9.17) is 4.74 Å². The molecular weight excluding hydrogens is 262 g/mol. The van der Waals surface area contributed by atoms with E-state index in [9.17, 15) is 14.9 Å². The predicted octanol–water partition coefficient (Wildman–Crippen LogP) is 1.65. The number of hydrogen-bond acceptors (Lipinski definition) is 6. The number of nitro groups is 1. The third kappa shape index (κ3) is 4.27. The van der Waals surface area contributed by atoms with E-state index in [1.807, 2.05) is 0 Å². The molecule has 1 rings (SSSR count). The Kier molecular flexibility index (Phi) is 6.05. The molecule has 1 aromatic rings. The molecule has 1 aromatic heterocycles. The summed E-state index contributed by atoms with van der Waals surface area (Å²) in [4.78, 5) is 25.9. The molecule has 1 heterocycles. The Morgan fingerprint density at radius 1 is 1.50 bits per heavy atom. The summed E-state index contributed by atoms with van der Waals surface area (Å²) in [6.07, 6.45) is 1.76. The van der Waals surface area contributed by atoms with Crippen LogP contribution in [0.2, 0.25) is 0 Å². The van der Waals surface area contributed by atoms with Crippen molar-refractivity contribution >= 4 is 11.7 Å². The molecule has 1 N–H and O–H groups in total. The SMILES string of the molecule is CCOC(=O)CCNCc1ncc(C)c([N+](=O)[O-])c1C. The fourth-order valence-corrected chi connectivity index (χ4v) is 1.85. The Labute approximate surface area is 117 Å². The first kappa shape index (κ1) is 16.0. The van der Waals surface area contributed by atoms with Crippen molar-refractivity contribution < 1.29 is 14.5 Å². The minimum absolute atomic E-state index is 0.0993. The summed E-state index contributed by atoms with van der Waals surface area (Å²) in [5, 5.41) is 14.0. The highest BCUT2D eigenvalue weighted by atomic mass is 16.6. The van der Waals surface area contributed by atoms with Crippen LogP contribution in [0.25, 0.3) is 0 Å². The van der Waals surface area contributed by atoms with Crippen molar-refractivity contribution in [2.45, 2.75) is 33.7 Å². The molecule has 0 fully saturated rings. The van der Waals surface area contributed by atoms with Gasteiger partial charge in [0.25, 0.3) is 5.69 Å². The van der Waals surface area contributed by atoms with E-state index in [1.54, 1.807) is 20.8 Å². The normalized spacial score (nSPS) is 10.3. The Bertz CT molecular complexity index is 503. The highest BCUT2D eigenvalue weighted by Crippen LogP contribution is 2.23. The molecule has 110 valence electrons. The minimum atomic E-state index is -0.394. The highest BCUT2D eigenvalue weighted by Gasteiger charge is 2.18. The van der Waals surface area contributed by atoms with Crippen LogP contribution in [0.3, 0.4) is 0 Å². The van der Waals surface area contributed by atoms with E-state index in [0.717, 1.165) is 0 Å². The monoisotopic (exact) mass is 281 g/mol. The van der Waals surface area contributed by atoms with Crippen LogP contribution in [-0.2, 0) is 16.1 Å². The van der Waals surface area contributed by atoms with Crippen LogP contribution in [0, 0.1) is 24.0 Å². The van der Waals surface area contributed by atoms with Crippen LogP contribution in [-0.4, -0.2) is 29.0 Å². The Balaban J connectivity index is 2.59. The van der Waals surface area contributed by atoms with E-state index in [2.05, 4.69) is 10.3 Å². The molecule has 0 atom stereocenters. The standard InChI is InChI=1S/C13H19N3O4/c1-4-20-12(17)5-6-14-8-11-10(3)13(16(18)19)9(2)7-15-11/h7,14H,4-6,8H2,1-3H3. The summed E-state index contributed by atoms with van der Waals surface area (Å²) in [6, 6.07) is 0. The summed E-state index contributed by atoms with van der Waals surface area (Å²) in [6.45, 7) is 6.29. The maximum atomic E-state index is 11.1. The van der Waals surface area contributed by atoms with Crippen molar-refractivity contribution in [1.29, 1.82) is 0 Å². The minimum Gasteiger partial charge on any atom is -0.466 e. The third-order valence-electron chi connectivity index (χ3n) is 2.86. The molecule has 7 nitrogen and oxygen atoms in total. The van der Waals surface area contributed by atoms with Gasteiger partial charge in [0.15, 0.2) is 0 Å². The number of aromatic nitrogens is 1. The molecule has 0 amide bonds. The third-order valence-corrected chi connectivity index (χ3v) is 2.86. The number of nitrogens with one attached hydrogen (secondary N) is 1. The summed E-state index contributed by atoms with van der Waals surface area (Å²) < 4.78 is 4.80. The van der Waals surface area contributed by atoms with Gasteiger partial charge < -0.3 is 10.1 Å². The first-order chi connectivity index (χ1) is 9.47. The molecular formula is C13H19N3O4. The largest absolute Gasteiger partial charge is 0.466 e. The van der Waals surface area contributed by atoms with Crippen LogP contribution in [0.1, 0.15) is 30.2 Å². The number of carbonyl (C=O) groups is 1. The number of carbonyl (C=O) groups excluding carboxylic acids is 1. The van der Waals surface area contributed by atoms with Crippen molar-refractivity contribution in [3.63, 3.8) is 0 Å². The molecule has 0 radical (unpaired) electrons. The number of hydrogen-bond donors (Lipinski definition) is 1. The number of aryl methyl sites for hydroxylation is 1. The summed E-state index contributed by atoms with van der Waals surface area (Å²) in [7, 11) is 0. The fourth-order valence-electron chi connectivity index (χ4n) is 1.85. The van der Waals surface area contributed by atoms with Gasteiger partial charge in [-0.3, -0.25) is 19.9 Å². The summed E-state index contributed by atoms with van der Waals surface area (Å²) in [5.41, 5.74) is 1.81. The molecule has 0 bridgehead atoms. The molecule has 0 saturated carbocycles. The Morgan fingerprint density at radius 3 is 2.80 bits per heavy atom. The lowest BCUT2D eigenvalue weighted by Crippen LogP contribution is -2.20. The van der Waals surface area contributed by atoms with E-state index >= 15 is 0 Å². The lowest BCUT2D eigenvalue weighted by Gasteiger charge is -2.08. The molecule has 0 spiro atoms. The zero-order valence-corrected chi connectivity index (χ0v) is 11.9. The summed E-state index contributed by atoms with van der Waals surface area (Å²) in [5.74, 6) is -0.264. The topological polar surface area (TPSA) is 94.4 Å². The van der Waals surface area contributed by atoms with Crippen molar-refractivity contribution in [3.8, 4) is 0 Å². The van der Waals surface area contributed by atoms with E-state index in [-0.39, 0.29) is 18.1 Å². The van der Waals surface area contributed by atoms with Gasteiger partial charge in [-0.15, -0.1) is 0 Å². The number of pyridine rings is 1. The Morgan fingerprint density at radius 2 is 2.20 bits per heavy atom. The molecule has 0 aliphatic heterocycles. The van der Waals surface area contributed by atoms with Gasteiger partial charge in [-0.25, -0.2) is 0 Å². The number of esters is 1. The van der Waals surface area contributed by atoms with Crippen LogP contribution in [0.15, 0.2) is 6.20 Å². The second-order valence-corrected chi connectivity index (χ2v) is 4.35. The maximum absolute atomic E-state index is 11.1. The van der Waals surface area contributed by atoms with Crippen molar-refractivity contribution in [2.75, 3.05) is 13.2 Å². The number of rotatable bonds is 7. The highest BCUT2D eigenvalue weighted by molar-refractivity contribution is 5.69. The van der Waals surface area contributed by atoms with Gasteiger partial charge in [0, 0.05) is 30.4 Å². The van der Waals surface area contributed by atoms with Crippen LogP contribution in [0.5, 0.6) is 0 Å². The van der Waals surface area contributed by atoms with Crippen molar-refractivity contribution in [2.24, 2.45) is 0 Å². The first-order valence-corrected chi connectivity index (χ1v) is 6.43. The van der Waals surface area contributed by atoms with Crippen LogP contribution < -0.4 is 5.32 Å². The average molecular weight is 281 g/mol. The average Bonchev–Trinajstić information content (AvgIpc) is 2.36. The Hall–Kier alpha value is -2.02. The van der Waals surface area contributed by atoms with Gasteiger partial charge in [-0.1, -0.05) is 0 Å². The predicted molar refractivity (Wildman–Crippen MR) is 73.3 cm³/mol. The number of nitrogens with zero attached hydrogens (tertiary/aromatic N) is 2. The fraction of sp³-hybridized carbons (Fsp3) is 0.538. The zero-order valence-electron chi connectivity index (χ0n) is 11.9. The summed E-state index contributed by atoms with van der Waals surface area (Å²) >= 11 is 0.